The van der Waals surface area contributed by atoms with Crippen molar-refractivity contribution in [3.8, 4) is 0 Å². The normalized spacial score (nSPS) is 17.3. The first-order valence-electron chi connectivity index (χ1n) is 7.68. The second-order valence-corrected chi connectivity index (χ2v) is 6.42. The molecule has 0 radical (unpaired) electrons. The number of para-hydroxylation sites is 1. The van der Waals surface area contributed by atoms with Gasteiger partial charge in [0.25, 0.3) is 0 Å². The fourth-order valence-electron chi connectivity index (χ4n) is 2.63. The molecule has 2 aromatic carbocycles. The van der Waals surface area contributed by atoms with Crippen LogP contribution in [0.1, 0.15) is 12.0 Å². The molecule has 1 atom stereocenters. The quantitative estimate of drug-likeness (QED) is 0.656. The lowest BCUT2D eigenvalue weighted by molar-refractivity contribution is -0.126. The summed E-state index contributed by atoms with van der Waals surface area (Å²) in [6.45, 7) is 0.330. The van der Waals surface area contributed by atoms with Gasteiger partial charge in [0.2, 0.25) is 11.8 Å². The van der Waals surface area contributed by atoms with Crippen molar-refractivity contribution in [2.24, 2.45) is 11.0 Å². The van der Waals surface area contributed by atoms with Crippen LogP contribution in [0.3, 0.4) is 0 Å². The Balaban J connectivity index is 1.63. The van der Waals surface area contributed by atoms with Crippen molar-refractivity contribution in [3.05, 3.63) is 64.1 Å². The van der Waals surface area contributed by atoms with Crippen molar-refractivity contribution in [1.82, 2.24) is 5.43 Å². The molecule has 2 amide bonds. The number of nitrogens with one attached hydrogen (secondary N) is 1. The minimum absolute atomic E-state index is 0.0792. The van der Waals surface area contributed by atoms with E-state index in [2.05, 4.69) is 10.5 Å². The molecule has 0 unspecified atom stereocenters. The van der Waals surface area contributed by atoms with E-state index in [0.29, 0.717) is 22.2 Å². The van der Waals surface area contributed by atoms with Crippen molar-refractivity contribution in [2.45, 2.75) is 6.42 Å². The van der Waals surface area contributed by atoms with E-state index in [0.717, 1.165) is 5.69 Å². The Labute approximate surface area is 155 Å². The van der Waals surface area contributed by atoms with Gasteiger partial charge in [-0.2, -0.15) is 5.10 Å². The van der Waals surface area contributed by atoms with E-state index in [1.54, 1.807) is 23.1 Å². The van der Waals surface area contributed by atoms with Crippen LogP contribution in [0.15, 0.2) is 53.6 Å². The fraction of sp³-hybridized carbons (Fsp3) is 0.167. The molecular weight excluding hydrogens is 361 g/mol. The molecule has 0 bridgehead atoms. The first-order valence-corrected chi connectivity index (χ1v) is 8.44. The summed E-state index contributed by atoms with van der Waals surface area (Å²) in [6, 6.07) is 14.4. The highest BCUT2D eigenvalue weighted by Crippen LogP contribution is 2.25. The van der Waals surface area contributed by atoms with Gasteiger partial charge in [-0.15, -0.1) is 0 Å². The second-order valence-electron chi connectivity index (χ2n) is 5.61. The number of amides is 2. The third kappa shape index (κ3) is 4.00. The lowest BCUT2D eigenvalue weighted by Gasteiger charge is -2.16. The molecule has 1 heterocycles. The zero-order valence-electron chi connectivity index (χ0n) is 13.2. The van der Waals surface area contributed by atoms with Crippen LogP contribution < -0.4 is 10.3 Å². The highest BCUT2D eigenvalue weighted by molar-refractivity contribution is 6.38. The lowest BCUT2D eigenvalue weighted by Crippen LogP contribution is -2.30. The van der Waals surface area contributed by atoms with Crippen molar-refractivity contribution in [1.29, 1.82) is 0 Å². The number of hydrogen-bond acceptors (Lipinski definition) is 3. The number of rotatable bonds is 4. The molecule has 0 saturated carbocycles. The van der Waals surface area contributed by atoms with Gasteiger partial charge in [0.15, 0.2) is 0 Å². The monoisotopic (exact) mass is 375 g/mol. The largest absolute Gasteiger partial charge is 0.312 e. The van der Waals surface area contributed by atoms with Gasteiger partial charge in [-0.3, -0.25) is 9.59 Å². The number of anilines is 1. The van der Waals surface area contributed by atoms with Gasteiger partial charge in [0.05, 0.1) is 22.2 Å². The van der Waals surface area contributed by atoms with Gasteiger partial charge in [-0.25, -0.2) is 5.43 Å². The average Bonchev–Trinajstić information content (AvgIpc) is 3.00. The maximum Gasteiger partial charge on any atom is 0.245 e. The molecule has 0 spiro atoms. The Kier molecular flexibility index (Phi) is 5.36. The zero-order chi connectivity index (χ0) is 17.8. The van der Waals surface area contributed by atoms with E-state index in [4.69, 9.17) is 23.2 Å². The Bertz CT molecular complexity index is 804. The molecule has 1 aliphatic heterocycles. The summed E-state index contributed by atoms with van der Waals surface area (Å²) in [4.78, 5) is 26.0. The fourth-order valence-corrected chi connectivity index (χ4v) is 3.12. The zero-order valence-corrected chi connectivity index (χ0v) is 14.7. The number of hydrazone groups is 1. The summed E-state index contributed by atoms with van der Waals surface area (Å²) < 4.78 is 0. The van der Waals surface area contributed by atoms with Gasteiger partial charge in [0, 0.05) is 24.2 Å². The molecule has 5 nitrogen and oxygen atoms in total. The Morgan fingerprint density at radius 3 is 2.48 bits per heavy atom. The van der Waals surface area contributed by atoms with Crippen LogP contribution in [0.2, 0.25) is 10.0 Å². The Morgan fingerprint density at radius 2 is 1.80 bits per heavy atom. The predicted molar refractivity (Wildman–Crippen MR) is 99.1 cm³/mol. The van der Waals surface area contributed by atoms with Crippen LogP contribution in [-0.2, 0) is 9.59 Å². The predicted octanol–water partition coefficient (Wildman–Crippen LogP) is 3.50. The first kappa shape index (κ1) is 17.5. The molecule has 1 aliphatic rings. The average molecular weight is 376 g/mol. The minimum Gasteiger partial charge on any atom is -0.312 e. The first-order chi connectivity index (χ1) is 12.1. The molecule has 0 aliphatic carbocycles. The molecule has 2 aromatic rings. The van der Waals surface area contributed by atoms with Crippen LogP contribution >= 0.6 is 23.2 Å². The summed E-state index contributed by atoms with van der Waals surface area (Å²) in [7, 11) is 0. The van der Waals surface area contributed by atoms with Crippen LogP contribution in [0, 0.1) is 5.92 Å². The van der Waals surface area contributed by atoms with Crippen molar-refractivity contribution in [2.75, 3.05) is 11.4 Å². The Hall–Kier alpha value is -2.37. The summed E-state index contributed by atoms with van der Waals surface area (Å²) in [5.41, 5.74) is 3.77. The van der Waals surface area contributed by atoms with Crippen molar-refractivity contribution >= 4 is 46.9 Å². The summed E-state index contributed by atoms with van der Waals surface area (Å²) in [5.74, 6) is -0.845. The van der Waals surface area contributed by atoms with Crippen molar-refractivity contribution in [3.63, 3.8) is 0 Å². The van der Waals surface area contributed by atoms with Crippen molar-refractivity contribution < 1.29 is 9.59 Å². The molecule has 128 valence electrons. The molecule has 1 N–H and O–H groups in total. The molecule has 7 heteroatoms. The molecular formula is C18H15Cl2N3O2. The molecule has 1 fully saturated rings. The van der Waals surface area contributed by atoms with E-state index in [1.807, 2.05) is 30.3 Å². The smallest absolute Gasteiger partial charge is 0.245 e. The number of carbonyl (C=O) groups excluding carboxylic acids is 2. The number of benzene rings is 2. The third-order valence-electron chi connectivity index (χ3n) is 3.93. The van der Waals surface area contributed by atoms with Crippen LogP contribution in [0.5, 0.6) is 0 Å². The Morgan fingerprint density at radius 1 is 1.12 bits per heavy atom. The second kappa shape index (κ2) is 7.68. The number of carbonyl (C=O) groups is 2. The van der Waals surface area contributed by atoms with E-state index >= 15 is 0 Å². The lowest BCUT2D eigenvalue weighted by atomic mass is 10.1. The van der Waals surface area contributed by atoms with E-state index in [1.165, 1.54) is 6.21 Å². The third-order valence-corrected chi connectivity index (χ3v) is 4.59. The molecule has 0 aromatic heterocycles. The molecule has 25 heavy (non-hydrogen) atoms. The van der Waals surface area contributed by atoms with Crippen LogP contribution in [-0.4, -0.2) is 24.6 Å². The summed E-state index contributed by atoms with van der Waals surface area (Å²) in [5, 5.41) is 4.79. The highest BCUT2D eigenvalue weighted by Gasteiger charge is 2.34. The standard InChI is InChI=1S/C18H15Cl2N3O2/c19-15-7-4-8-16(20)14(15)10-21-22-18(25)12-9-17(24)23(11-12)13-5-2-1-3-6-13/h1-8,10,12H,9,11H2,(H,22,25)/b21-10-/t12-/m1/s1. The summed E-state index contributed by atoms with van der Waals surface area (Å²) in [6.07, 6.45) is 1.55. The highest BCUT2D eigenvalue weighted by atomic mass is 35.5. The maximum atomic E-state index is 12.3. The topological polar surface area (TPSA) is 61.8 Å². The van der Waals surface area contributed by atoms with Gasteiger partial charge in [-0.1, -0.05) is 47.5 Å². The van der Waals surface area contributed by atoms with E-state index < -0.39 is 5.92 Å². The van der Waals surface area contributed by atoms with Gasteiger partial charge in [-0.05, 0) is 24.3 Å². The van der Waals surface area contributed by atoms with E-state index in [9.17, 15) is 9.59 Å². The molecule has 1 saturated heterocycles. The SMILES string of the molecule is O=C(N/N=C\c1c(Cl)cccc1Cl)[C@@H]1CC(=O)N(c2ccccc2)C1. The number of nitrogens with zero attached hydrogens (tertiary/aromatic N) is 2. The van der Waals surface area contributed by atoms with Gasteiger partial charge in [0.1, 0.15) is 0 Å². The van der Waals surface area contributed by atoms with Gasteiger partial charge >= 0.3 is 0 Å². The maximum absolute atomic E-state index is 12.3. The van der Waals surface area contributed by atoms with E-state index in [-0.39, 0.29) is 18.2 Å². The molecule has 3 rings (SSSR count). The minimum atomic E-state index is -0.452. The van der Waals surface area contributed by atoms with Gasteiger partial charge < -0.3 is 4.90 Å². The summed E-state index contributed by atoms with van der Waals surface area (Å²) >= 11 is 12.1. The van der Waals surface area contributed by atoms with Crippen LogP contribution in [0.4, 0.5) is 5.69 Å². The van der Waals surface area contributed by atoms with Crippen LogP contribution in [0.25, 0.3) is 0 Å². The number of hydrogen-bond donors (Lipinski definition) is 1. The number of halogens is 2.